The Hall–Kier alpha value is -3.84. The molecule has 8 heteroatoms. The zero-order valence-electron chi connectivity index (χ0n) is 18.6. The highest BCUT2D eigenvalue weighted by Gasteiger charge is 2.28. The number of nitrogens with zero attached hydrogens (tertiary/aromatic N) is 4. The maximum atomic E-state index is 12.0. The third kappa shape index (κ3) is 3.99. The highest BCUT2D eigenvalue weighted by atomic mass is 35.5. The van der Waals surface area contributed by atoms with Crippen molar-refractivity contribution in [3.8, 4) is 28.5 Å². The largest absolute Gasteiger partial charge is 0.495 e. The van der Waals surface area contributed by atoms with Crippen LogP contribution in [-0.4, -0.2) is 45.8 Å². The van der Waals surface area contributed by atoms with Gasteiger partial charge in [-0.1, -0.05) is 24.2 Å². The number of pyridine rings is 1. The van der Waals surface area contributed by atoms with Crippen LogP contribution in [0.5, 0.6) is 17.2 Å². The number of hydrogen-bond donors (Lipinski definition) is 0. The van der Waals surface area contributed by atoms with Gasteiger partial charge in [0.2, 0.25) is 5.91 Å². The summed E-state index contributed by atoms with van der Waals surface area (Å²) in [7, 11) is 1.57. The lowest BCUT2D eigenvalue weighted by molar-refractivity contribution is -0.125. The molecule has 0 unspecified atom stereocenters. The van der Waals surface area contributed by atoms with Crippen LogP contribution in [0.4, 0.5) is 0 Å². The van der Waals surface area contributed by atoms with Crippen LogP contribution in [0.2, 0.25) is 5.02 Å². The lowest BCUT2D eigenvalue weighted by atomic mass is 10.1. The number of ether oxygens (including phenoxy) is 2. The van der Waals surface area contributed by atoms with Crippen LogP contribution in [0.25, 0.3) is 22.2 Å². The maximum absolute atomic E-state index is 12.0. The molecule has 0 spiro atoms. The molecular formula is C26H23ClN4O3. The molecule has 0 bridgehead atoms. The van der Waals surface area contributed by atoms with Crippen molar-refractivity contribution in [2.24, 2.45) is 0 Å². The van der Waals surface area contributed by atoms with Crippen molar-refractivity contribution >= 4 is 28.4 Å². The zero-order valence-corrected chi connectivity index (χ0v) is 19.4. The van der Waals surface area contributed by atoms with Crippen LogP contribution in [-0.2, 0) is 4.79 Å². The number of amides is 1. The molecule has 172 valence electrons. The summed E-state index contributed by atoms with van der Waals surface area (Å²) in [5.41, 5.74) is 2.77. The Labute approximate surface area is 202 Å². The van der Waals surface area contributed by atoms with Gasteiger partial charge >= 0.3 is 0 Å². The van der Waals surface area contributed by atoms with Crippen molar-refractivity contribution in [3.05, 3.63) is 78.6 Å². The molecule has 1 amide bonds. The van der Waals surface area contributed by atoms with E-state index in [0.29, 0.717) is 35.4 Å². The quantitative estimate of drug-likeness (QED) is 0.344. The highest BCUT2D eigenvalue weighted by molar-refractivity contribution is 6.33. The molecule has 1 fully saturated rings. The third-order valence-electron chi connectivity index (χ3n) is 6.01. The predicted molar refractivity (Wildman–Crippen MR) is 131 cm³/mol. The number of rotatable bonds is 6. The first-order valence-electron chi connectivity index (χ1n) is 10.9. The van der Waals surface area contributed by atoms with E-state index in [1.54, 1.807) is 25.4 Å². The van der Waals surface area contributed by atoms with Gasteiger partial charge in [0.1, 0.15) is 28.0 Å². The van der Waals surface area contributed by atoms with Gasteiger partial charge in [-0.25, -0.2) is 0 Å². The number of benzene rings is 2. The van der Waals surface area contributed by atoms with Crippen molar-refractivity contribution in [3.63, 3.8) is 0 Å². The van der Waals surface area contributed by atoms with Gasteiger partial charge in [-0.15, -0.1) is 0 Å². The molecule has 0 saturated carbocycles. The molecule has 0 radical (unpaired) electrons. The Bertz CT molecular complexity index is 1370. The first kappa shape index (κ1) is 22.0. The molecule has 0 aliphatic carbocycles. The van der Waals surface area contributed by atoms with Gasteiger partial charge in [-0.3, -0.25) is 14.5 Å². The van der Waals surface area contributed by atoms with Crippen molar-refractivity contribution in [2.45, 2.75) is 12.5 Å². The molecule has 0 N–H and O–H groups in total. The third-order valence-corrected chi connectivity index (χ3v) is 6.38. The van der Waals surface area contributed by atoms with Crippen LogP contribution in [0.15, 0.2) is 73.6 Å². The average Bonchev–Trinajstić information content (AvgIpc) is 3.51. The van der Waals surface area contributed by atoms with Gasteiger partial charge in [-0.05, 0) is 55.0 Å². The first-order chi connectivity index (χ1) is 16.6. The van der Waals surface area contributed by atoms with Crippen LogP contribution in [0.1, 0.15) is 12.5 Å². The van der Waals surface area contributed by atoms with Gasteiger partial charge in [-0.2, -0.15) is 5.10 Å². The van der Waals surface area contributed by atoms with E-state index in [1.807, 2.05) is 52.2 Å². The lowest BCUT2D eigenvalue weighted by Crippen LogP contribution is -2.27. The Morgan fingerprint density at radius 2 is 1.97 bits per heavy atom. The van der Waals surface area contributed by atoms with Crippen LogP contribution >= 0.6 is 11.6 Å². The Balaban J connectivity index is 1.44. The van der Waals surface area contributed by atoms with Gasteiger partial charge in [0.25, 0.3) is 0 Å². The average molecular weight is 475 g/mol. The Morgan fingerprint density at radius 3 is 2.74 bits per heavy atom. The highest BCUT2D eigenvalue weighted by Crippen LogP contribution is 2.37. The van der Waals surface area contributed by atoms with E-state index in [1.165, 1.54) is 6.08 Å². The van der Waals surface area contributed by atoms with Gasteiger partial charge in [0.15, 0.2) is 0 Å². The maximum Gasteiger partial charge on any atom is 0.246 e. The van der Waals surface area contributed by atoms with Crippen molar-refractivity contribution < 1.29 is 14.3 Å². The molecule has 2 aromatic heterocycles. The molecular weight excluding hydrogens is 452 g/mol. The molecule has 3 heterocycles. The predicted octanol–water partition coefficient (Wildman–Crippen LogP) is 5.51. The molecule has 5 rings (SSSR count). The molecule has 1 aliphatic heterocycles. The second kappa shape index (κ2) is 9.19. The number of aromatic nitrogens is 3. The fourth-order valence-electron chi connectivity index (χ4n) is 4.28. The summed E-state index contributed by atoms with van der Waals surface area (Å²) in [6.45, 7) is 4.90. The van der Waals surface area contributed by atoms with Gasteiger partial charge in [0.05, 0.1) is 18.7 Å². The minimum Gasteiger partial charge on any atom is -0.495 e. The molecule has 1 atom stereocenters. The summed E-state index contributed by atoms with van der Waals surface area (Å²) in [6, 6.07) is 15.2. The summed E-state index contributed by atoms with van der Waals surface area (Å²) >= 11 is 6.36. The summed E-state index contributed by atoms with van der Waals surface area (Å²) < 4.78 is 13.2. The molecule has 7 nitrogen and oxygen atoms in total. The number of halogens is 1. The van der Waals surface area contributed by atoms with E-state index < -0.39 is 0 Å². The lowest BCUT2D eigenvalue weighted by Gasteiger charge is -2.15. The fourth-order valence-corrected chi connectivity index (χ4v) is 4.52. The normalized spacial score (nSPS) is 15.5. The summed E-state index contributed by atoms with van der Waals surface area (Å²) in [6.07, 6.45) is 5.80. The van der Waals surface area contributed by atoms with Crippen LogP contribution in [0, 0.1) is 0 Å². The molecule has 2 aromatic carbocycles. The number of carbonyl (C=O) groups is 1. The SMILES string of the molecule is C=CC(=O)N1CC[C@@H](n2nc(-c3ccc(Oc4cccc(OC)c4Cl)cc3)c3cnccc32)C1. The van der Waals surface area contributed by atoms with Crippen molar-refractivity contribution in [1.82, 2.24) is 19.7 Å². The van der Waals surface area contributed by atoms with Gasteiger partial charge < -0.3 is 14.4 Å². The number of methoxy groups -OCH3 is 1. The van der Waals surface area contributed by atoms with E-state index >= 15 is 0 Å². The number of likely N-dealkylation sites (tertiary alicyclic amines) is 1. The smallest absolute Gasteiger partial charge is 0.246 e. The Morgan fingerprint density at radius 1 is 1.18 bits per heavy atom. The summed E-state index contributed by atoms with van der Waals surface area (Å²) in [5.74, 6) is 1.68. The van der Waals surface area contributed by atoms with E-state index in [9.17, 15) is 4.79 Å². The number of fused-ring (bicyclic) bond motifs is 1. The fraction of sp³-hybridized carbons (Fsp3) is 0.192. The van der Waals surface area contributed by atoms with E-state index in [4.69, 9.17) is 26.2 Å². The van der Waals surface area contributed by atoms with Crippen molar-refractivity contribution in [2.75, 3.05) is 20.2 Å². The molecule has 34 heavy (non-hydrogen) atoms. The van der Waals surface area contributed by atoms with Crippen molar-refractivity contribution in [1.29, 1.82) is 0 Å². The van der Waals surface area contributed by atoms with Gasteiger partial charge in [0, 0.05) is 36.4 Å². The standard InChI is InChI=1S/C26H23ClN4O3/c1-3-24(32)30-14-12-18(16-30)31-21-11-13-28-15-20(21)26(29-31)17-7-9-19(10-8-17)34-23-6-4-5-22(33-2)25(23)27/h3-11,13,15,18H,1,12,14,16H2,2H3/t18-/m1/s1. The number of carbonyl (C=O) groups excluding carboxylic acids is 1. The second-order valence-electron chi connectivity index (χ2n) is 8.02. The van der Waals surface area contributed by atoms with E-state index in [-0.39, 0.29) is 11.9 Å². The molecule has 1 saturated heterocycles. The number of hydrogen-bond acceptors (Lipinski definition) is 5. The molecule has 4 aromatic rings. The van der Waals surface area contributed by atoms with E-state index in [0.717, 1.165) is 28.6 Å². The molecule has 1 aliphatic rings. The zero-order chi connectivity index (χ0) is 23.7. The monoisotopic (exact) mass is 474 g/mol. The first-order valence-corrected chi connectivity index (χ1v) is 11.3. The van der Waals surface area contributed by atoms with Crippen LogP contribution < -0.4 is 9.47 Å². The second-order valence-corrected chi connectivity index (χ2v) is 8.39. The summed E-state index contributed by atoms with van der Waals surface area (Å²) in [4.78, 5) is 18.2. The van der Waals surface area contributed by atoms with E-state index in [2.05, 4.69) is 11.6 Å². The minimum atomic E-state index is -0.0485. The Kier molecular flexibility index (Phi) is 5.94. The topological polar surface area (TPSA) is 69.5 Å². The summed E-state index contributed by atoms with van der Waals surface area (Å²) in [5, 5.41) is 6.33. The minimum absolute atomic E-state index is 0.0485. The van der Waals surface area contributed by atoms with Crippen LogP contribution in [0.3, 0.4) is 0 Å².